The molecule has 5 nitrogen and oxygen atoms in total. The van der Waals surface area contributed by atoms with Gasteiger partial charge in [0.05, 0.1) is 38.4 Å². The van der Waals surface area contributed by atoms with Gasteiger partial charge in [-0.15, -0.1) is 0 Å². The molecule has 0 aliphatic carbocycles. The number of hydrogen-bond acceptors (Lipinski definition) is 2. The van der Waals surface area contributed by atoms with E-state index >= 15 is 0 Å². The molecule has 0 aromatic rings. The summed E-state index contributed by atoms with van der Waals surface area (Å²) in [4.78, 5) is 12.9. The van der Waals surface area contributed by atoms with E-state index in [1.54, 1.807) is 4.90 Å². The Morgan fingerprint density at radius 1 is 1.26 bits per heavy atom. The lowest BCUT2D eigenvalue weighted by Crippen LogP contribution is -3.17. The topological polar surface area (TPSA) is 73.4 Å². The Labute approximate surface area is 114 Å². The van der Waals surface area contributed by atoms with Gasteiger partial charge in [-0.2, -0.15) is 0 Å². The number of primary amides is 1. The average molecular weight is 269 g/mol. The number of rotatable bonds is 2. The molecule has 0 unspecified atom stereocenters. The van der Waals surface area contributed by atoms with Crippen molar-refractivity contribution >= 4 is 5.91 Å². The quantitative estimate of drug-likeness (QED) is 0.525. The normalized spacial score (nSPS) is 38.4. The first-order valence-electron chi connectivity index (χ1n) is 7.78. The van der Waals surface area contributed by atoms with Crippen molar-refractivity contribution in [3.63, 3.8) is 0 Å². The molecule has 0 aromatic heterocycles. The Bertz CT molecular complexity index is 334. The summed E-state index contributed by atoms with van der Waals surface area (Å²) in [5, 5.41) is 2.40. The fraction of sp³-hybridized carbons (Fsp3) is 0.929. The van der Waals surface area contributed by atoms with Crippen molar-refractivity contribution in [3.8, 4) is 0 Å². The number of nitrogens with one attached hydrogen (secondary N) is 1. The second-order valence-corrected chi connectivity index (χ2v) is 6.60. The Kier molecular flexibility index (Phi) is 3.78. The monoisotopic (exact) mass is 269 g/mol. The maximum absolute atomic E-state index is 11.2. The summed E-state index contributed by atoms with van der Waals surface area (Å²) >= 11 is 0. The first kappa shape index (κ1) is 13.3. The number of hydrogen-bond donors (Lipinski definition) is 3. The van der Waals surface area contributed by atoms with E-state index in [9.17, 15) is 4.79 Å². The number of piperidine rings is 2. The zero-order valence-electron chi connectivity index (χ0n) is 11.7. The van der Waals surface area contributed by atoms with Crippen LogP contribution in [0.3, 0.4) is 0 Å². The molecule has 3 fully saturated rings. The first-order valence-corrected chi connectivity index (χ1v) is 7.78. The molecule has 0 radical (unpaired) electrons. The third-order valence-electron chi connectivity index (χ3n) is 5.42. The van der Waals surface area contributed by atoms with Gasteiger partial charge in [-0.3, -0.25) is 4.79 Å². The van der Waals surface area contributed by atoms with Crippen molar-refractivity contribution < 1.29 is 19.7 Å². The molecule has 0 aromatic carbocycles. The molecule has 1 spiro atoms. The van der Waals surface area contributed by atoms with Gasteiger partial charge in [0.1, 0.15) is 6.04 Å². The predicted octanol–water partition coefficient (Wildman–Crippen LogP) is -2.35. The summed E-state index contributed by atoms with van der Waals surface area (Å²) in [6, 6.07) is 0.645. The zero-order chi connectivity index (χ0) is 13.3. The molecule has 3 saturated heterocycles. The van der Waals surface area contributed by atoms with E-state index in [0.29, 0.717) is 6.04 Å². The van der Waals surface area contributed by atoms with Gasteiger partial charge in [-0.05, 0) is 0 Å². The summed E-state index contributed by atoms with van der Waals surface area (Å²) in [5.41, 5.74) is 5.59. The van der Waals surface area contributed by atoms with Crippen LogP contribution >= 0.6 is 0 Å². The maximum atomic E-state index is 11.2. The van der Waals surface area contributed by atoms with Gasteiger partial charge in [0.15, 0.2) is 0 Å². The Morgan fingerprint density at radius 2 is 1.95 bits per heavy atom. The van der Waals surface area contributed by atoms with Crippen molar-refractivity contribution in [2.24, 2.45) is 11.7 Å². The minimum atomic E-state index is -0.110. The van der Waals surface area contributed by atoms with Crippen LogP contribution in [0.15, 0.2) is 0 Å². The fourth-order valence-corrected chi connectivity index (χ4v) is 4.14. The smallest absolute Gasteiger partial charge is 0.220 e. The van der Waals surface area contributed by atoms with Crippen LogP contribution in [0.25, 0.3) is 0 Å². The minimum Gasteiger partial charge on any atom is -0.369 e. The van der Waals surface area contributed by atoms with Crippen LogP contribution < -0.4 is 16.0 Å². The van der Waals surface area contributed by atoms with Crippen LogP contribution in [0.4, 0.5) is 0 Å². The SMILES string of the molecule is NC(=O)C1CC[NH+]([C@H]2COC3(CC[NH2+]CC3)C2)CC1. The van der Waals surface area contributed by atoms with Crippen molar-refractivity contribution in [1.82, 2.24) is 0 Å². The molecule has 3 aliphatic rings. The predicted molar refractivity (Wildman–Crippen MR) is 70.6 cm³/mol. The molecule has 3 heterocycles. The number of quaternary nitrogens is 2. The van der Waals surface area contributed by atoms with Crippen LogP contribution in [-0.4, -0.2) is 50.3 Å². The van der Waals surface area contributed by atoms with Gasteiger partial charge in [-0.25, -0.2) is 0 Å². The van der Waals surface area contributed by atoms with Gasteiger partial charge in [0.2, 0.25) is 5.91 Å². The van der Waals surface area contributed by atoms with Crippen molar-refractivity contribution in [2.45, 2.75) is 43.7 Å². The van der Waals surface area contributed by atoms with Crippen molar-refractivity contribution in [3.05, 3.63) is 0 Å². The molecule has 1 atom stereocenters. The van der Waals surface area contributed by atoms with Crippen LogP contribution in [0.5, 0.6) is 0 Å². The van der Waals surface area contributed by atoms with E-state index in [-0.39, 0.29) is 17.4 Å². The number of carbonyl (C=O) groups is 1. The van der Waals surface area contributed by atoms with E-state index in [2.05, 4.69) is 5.32 Å². The molecule has 0 saturated carbocycles. The van der Waals surface area contributed by atoms with Gasteiger partial charge in [0, 0.05) is 38.0 Å². The van der Waals surface area contributed by atoms with E-state index in [1.165, 1.54) is 32.4 Å². The summed E-state index contributed by atoms with van der Waals surface area (Å²) in [5.74, 6) is 0.00493. The van der Waals surface area contributed by atoms with Gasteiger partial charge >= 0.3 is 0 Å². The van der Waals surface area contributed by atoms with Crippen LogP contribution in [-0.2, 0) is 9.53 Å². The molecular weight excluding hydrogens is 242 g/mol. The Balaban J connectivity index is 1.53. The largest absolute Gasteiger partial charge is 0.369 e. The molecule has 5 N–H and O–H groups in total. The number of carbonyl (C=O) groups excluding carboxylic acids is 1. The maximum Gasteiger partial charge on any atom is 0.220 e. The number of amides is 1. The van der Waals surface area contributed by atoms with Gasteiger partial charge < -0.3 is 20.7 Å². The third kappa shape index (κ3) is 2.78. The fourth-order valence-electron chi connectivity index (χ4n) is 4.14. The highest BCUT2D eigenvalue weighted by Crippen LogP contribution is 2.32. The summed E-state index contributed by atoms with van der Waals surface area (Å²) in [7, 11) is 0. The Morgan fingerprint density at radius 3 is 2.58 bits per heavy atom. The zero-order valence-corrected chi connectivity index (χ0v) is 11.7. The number of ether oxygens (including phenoxy) is 1. The van der Waals surface area contributed by atoms with E-state index in [0.717, 1.165) is 32.5 Å². The molecule has 108 valence electrons. The lowest BCUT2D eigenvalue weighted by atomic mass is 9.87. The minimum absolute atomic E-state index is 0.110. The Hall–Kier alpha value is -0.650. The molecule has 0 bridgehead atoms. The van der Waals surface area contributed by atoms with Crippen LogP contribution in [0.1, 0.15) is 32.1 Å². The average Bonchev–Trinajstić information content (AvgIpc) is 2.83. The lowest BCUT2D eigenvalue weighted by Gasteiger charge is -2.33. The molecular formula is C14H27N3O2+2. The second-order valence-electron chi connectivity index (χ2n) is 6.60. The van der Waals surface area contributed by atoms with Gasteiger partial charge in [0.25, 0.3) is 0 Å². The highest BCUT2D eigenvalue weighted by atomic mass is 16.5. The molecule has 3 aliphatic heterocycles. The molecule has 5 heteroatoms. The molecule has 19 heavy (non-hydrogen) atoms. The summed E-state index contributed by atoms with van der Waals surface area (Å²) < 4.78 is 6.19. The second kappa shape index (κ2) is 5.38. The van der Waals surface area contributed by atoms with Crippen LogP contribution in [0.2, 0.25) is 0 Å². The lowest BCUT2D eigenvalue weighted by molar-refractivity contribution is -0.929. The molecule has 3 rings (SSSR count). The van der Waals surface area contributed by atoms with Crippen LogP contribution in [0, 0.1) is 5.92 Å². The summed E-state index contributed by atoms with van der Waals surface area (Å²) in [6.45, 7) is 5.52. The first-order chi connectivity index (χ1) is 9.19. The number of likely N-dealkylation sites (tertiary alicyclic amines) is 1. The number of nitrogens with two attached hydrogens (primary N) is 2. The summed E-state index contributed by atoms with van der Waals surface area (Å²) in [6.07, 6.45) is 5.56. The molecule has 1 amide bonds. The van der Waals surface area contributed by atoms with E-state index < -0.39 is 0 Å². The van der Waals surface area contributed by atoms with E-state index in [1.807, 2.05) is 0 Å². The van der Waals surface area contributed by atoms with E-state index in [4.69, 9.17) is 10.5 Å². The standard InChI is InChI=1S/C14H25N3O2/c15-13(18)11-1-7-17(8-2-11)12-9-14(19-10-12)3-5-16-6-4-14/h11-12,16H,1-10H2,(H2,15,18)/p+2/t12-/m1/s1. The van der Waals surface area contributed by atoms with Crippen molar-refractivity contribution in [1.29, 1.82) is 0 Å². The highest BCUT2D eigenvalue weighted by Gasteiger charge is 2.46. The third-order valence-corrected chi connectivity index (χ3v) is 5.42. The highest BCUT2D eigenvalue weighted by molar-refractivity contribution is 5.76. The van der Waals surface area contributed by atoms with Gasteiger partial charge in [-0.1, -0.05) is 0 Å². The van der Waals surface area contributed by atoms with Crippen molar-refractivity contribution in [2.75, 3.05) is 32.8 Å².